The van der Waals surface area contributed by atoms with E-state index in [1.54, 1.807) is 17.0 Å². The van der Waals surface area contributed by atoms with Crippen molar-refractivity contribution in [1.82, 2.24) is 9.80 Å². The zero-order chi connectivity index (χ0) is 14.8. The molecular weight excluding hydrogens is 267 g/mol. The van der Waals surface area contributed by atoms with Crippen LogP contribution in [-0.4, -0.2) is 47.9 Å². The van der Waals surface area contributed by atoms with Crippen molar-refractivity contribution in [2.24, 2.45) is 0 Å². The molecule has 0 aliphatic carbocycles. The lowest BCUT2D eigenvalue weighted by atomic mass is 10.0. The second-order valence-corrected chi connectivity index (χ2v) is 6.25. The maximum Gasteiger partial charge on any atom is 0.256 e. The van der Waals surface area contributed by atoms with Gasteiger partial charge in [-0.1, -0.05) is 6.07 Å². The lowest BCUT2D eigenvalue weighted by molar-refractivity contribution is 0.0640. The van der Waals surface area contributed by atoms with E-state index in [0.29, 0.717) is 6.04 Å². The summed E-state index contributed by atoms with van der Waals surface area (Å²) < 4.78 is 13.9. The summed E-state index contributed by atoms with van der Waals surface area (Å²) in [6.45, 7) is 5.72. The van der Waals surface area contributed by atoms with Gasteiger partial charge in [0.15, 0.2) is 0 Å². The minimum atomic E-state index is -0.401. The van der Waals surface area contributed by atoms with E-state index in [1.165, 1.54) is 32.0 Å². The highest BCUT2D eigenvalue weighted by molar-refractivity contribution is 5.94. The number of carbonyl (C=O) groups excluding carboxylic acids is 1. The Morgan fingerprint density at radius 1 is 1.14 bits per heavy atom. The molecule has 2 fully saturated rings. The molecule has 114 valence electrons. The van der Waals surface area contributed by atoms with Crippen LogP contribution in [0.4, 0.5) is 4.39 Å². The summed E-state index contributed by atoms with van der Waals surface area (Å²) in [7, 11) is 0. The molecule has 0 unspecified atom stereocenters. The van der Waals surface area contributed by atoms with Crippen molar-refractivity contribution in [3.63, 3.8) is 0 Å². The molecule has 0 spiro atoms. The molecule has 0 bridgehead atoms. The molecule has 21 heavy (non-hydrogen) atoms. The van der Waals surface area contributed by atoms with Gasteiger partial charge in [0, 0.05) is 19.1 Å². The molecule has 0 saturated carbocycles. The van der Waals surface area contributed by atoms with Crippen molar-refractivity contribution >= 4 is 5.91 Å². The van der Waals surface area contributed by atoms with E-state index >= 15 is 0 Å². The van der Waals surface area contributed by atoms with Crippen molar-refractivity contribution in [3.8, 4) is 0 Å². The van der Waals surface area contributed by atoms with Crippen LogP contribution in [0.1, 0.15) is 41.6 Å². The van der Waals surface area contributed by atoms with Crippen LogP contribution in [-0.2, 0) is 0 Å². The Labute approximate surface area is 125 Å². The molecule has 1 amide bonds. The Morgan fingerprint density at radius 2 is 1.81 bits per heavy atom. The molecular formula is C17H23FN2O. The quantitative estimate of drug-likeness (QED) is 0.836. The Balaban J connectivity index is 1.62. The largest absolute Gasteiger partial charge is 0.338 e. The number of hydrogen-bond donors (Lipinski definition) is 0. The standard InChI is InChI=1S/C17H23FN2O/c1-13-4-5-15(16(18)12-13)17(21)20-10-6-14(7-11-20)19-8-2-3-9-19/h4-5,12,14H,2-3,6-11H2,1H3. The molecule has 1 aromatic rings. The Bertz CT molecular complexity index is 518. The highest BCUT2D eigenvalue weighted by atomic mass is 19.1. The predicted molar refractivity (Wildman–Crippen MR) is 80.9 cm³/mol. The van der Waals surface area contributed by atoms with Crippen LogP contribution >= 0.6 is 0 Å². The van der Waals surface area contributed by atoms with Gasteiger partial charge in [0.1, 0.15) is 5.82 Å². The second-order valence-electron chi connectivity index (χ2n) is 6.25. The number of halogens is 1. The number of carbonyl (C=O) groups is 1. The summed E-state index contributed by atoms with van der Waals surface area (Å²) in [5, 5.41) is 0. The molecule has 0 aromatic heterocycles. The molecule has 2 saturated heterocycles. The second kappa shape index (κ2) is 6.14. The summed E-state index contributed by atoms with van der Waals surface area (Å²) in [6, 6.07) is 5.45. The molecule has 1 aromatic carbocycles. The number of amides is 1. The van der Waals surface area contributed by atoms with Gasteiger partial charge >= 0.3 is 0 Å². The molecule has 0 radical (unpaired) electrons. The first-order valence-electron chi connectivity index (χ1n) is 7.94. The van der Waals surface area contributed by atoms with Crippen molar-refractivity contribution < 1.29 is 9.18 Å². The summed E-state index contributed by atoms with van der Waals surface area (Å²) >= 11 is 0. The van der Waals surface area contributed by atoms with Gasteiger partial charge in [-0.05, 0) is 63.4 Å². The number of piperidine rings is 1. The monoisotopic (exact) mass is 290 g/mol. The topological polar surface area (TPSA) is 23.6 Å². The number of hydrogen-bond acceptors (Lipinski definition) is 2. The molecule has 0 atom stereocenters. The van der Waals surface area contributed by atoms with E-state index in [2.05, 4.69) is 4.90 Å². The summed E-state index contributed by atoms with van der Waals surface area (Å²) in [5.74, 6) is -0.561. The number of likely N-dealkylation sites (tertiary alicyclic amines) is 2. The number of nitrogens with zero attached hydrogens (tertiary/aromatic N) is 2. The number of rotatable bonds is 2. The minimum Gasteiger partial charge on any atom is -0.338 e. The van der Waals surface area contributed by atoms with Gasteiger partial charge in [-0.3, -0.25) is 4.79 Å². The zero-order valence-corrected chi connectivity index (χ0v) is 12.6. The van der Waals surface area contributed by atoms with Crippen LogP contribution in [0.5, 0.6) is 0 Å². The zero-order valence-electron chi connectivity index (χ0n) is 12.6. The van der Waals surface area contributed by atoms with Crippen LogP contribution in [0.3, 0.4) is 0 Å². The van der Waals surface area contributed by atoms with Crippen LogP contribution in [0.2, 0.25) is 0 Å². The van der Waals surface area contributed by atoms with Crippen LogP contribution < -0.4 is 0 Å². The van der Waals surface area contributed by atoms with Gasteiger partial charge in [-0.2, -0.15) is 0 Å². The fraction of sp³-hybridized carbons (Fsp3) is 0.588. The highest BCUT2D eigenvalue weighted by Crippen LogP contribution is 2.22. The van der Waals surface area contributed by atoms with E-state index in [1.807, 2.05) is 6.92 Å². The Kier molecular flexibility index (Phi) is 4.24. The predicted octanol–water partition coefficient (Wildman–Crippen LogP) is 2.83. The molecule has 4 heteroatoms. The lowest BCUT2D eigenvalue weighted by Crippen LogP contribution is -2.46. The van der Waals surface area contributed by atoms with Crippen molar-refractivity contribution in [1.29, 1.82) is 0 Å². The lowest BCUT2D eigenvalue weighted by Gasteiger charge is -2.36. The third-order valence-electron chi connectivity index (χ3n) is 4.76. The maximum atomic E-state index is 13.9. The summed E-state index contributed by atoms with van der Waals surface area (Å²) in [5.41, 5.74) is 1.05. The van der Waals surface area contributed by atoms with Crippen LogP contribution in [0.15, 0.2) is 18.2 Å². The fourth-order valence-electron chi connectivity index (χ4n) is 3.50. The van der Waals surface area contributed by atoms with Gasteiger partial charge in [0.2, 0.25) is 0 Å². The summed E-state index contributed by atoms with van der Waals surface area (Å²) in [6.07, 6.45) is 4.62. The summed E-state index contributed by atoms with van der Waals surface area (Å²) in [4.78, 5) is 16.8. The minimum absolute atomic E-state index is 0.160. The van der Waals surface area contributed by atoms with Gasteiger partial charge < -0.3 is 9.80 Å². The molecule has 0 N–H and O–H groups in total. The highest BCUT2D eigenvalue weighted by Gasteiger charge is 2.29. The molecule has 2 heterocycles. The van der Waals surface area contributed by atoms with Gasteiger partial charge in [0.25, 0.3) is 5.91 Å². The van der Waals surface area contributed by atoms with Gasteiger partial charge in [-0.25, -0.2) is 4.39 Å². The van der Waals surface area contributed by atoms with E-state index in [0.717, 1.165) is 31.5 Å². The molecule has 3 rings (SSSR count). The SMILES string of the molecule is Cc1ccc(C(=O)N2CCC(N3CCCC3)CC2)c(F)c1. The van der Waals surface area contributed by atoms with Crippen molar-refractivity contribution in [3.05, 3.63) is 35.1 Å². The smallest absolute Gasteiger partial charge is 0.256 e. The van der Waals surface area contributed by atoms with Gasteiger partial charge in [-0.15, -0.1) is 0 Å². The molecule has 2 aliphatic heterocycles. The maximum absolute atomic E-state index is 13.9. The molecule has 3 nitrogen and oxygen atoms in total. The van der Waals surface area contributed by atoms with Crippen LogP contribution in [0.25, 0.3) is 0 Å². The number of aryl methyl sites for hydroxylation is 1. The van der Waals surface area contributed by atoms with E-state index < -0.39 is 5.82 Å². The molecule has 2 aliphatic rings. The Morgan fingerprint density at radius 3 is 2.43 bits per heavy atom. The van der Waals surface area contributed by atoms with Gasteiger partial charge in [0.05, 0.1) is 5.56 Å². The van der Waals surface area contributed by atoms with E-state index in [9.17, 15) is 9.18 Å². The fourth-order valence-corrected chi connectivity index (χ4v) is 3.50. The first-order valence-corrected chi connectivity index (χ1v) is 7.94. The van der Waals surface area contributed by atoms with Crippen molar-refractivity contribution in [2.75, 3.05) is 26.2 Å². The average Bonchev–Trinajstić information content (AvgIpc) is 3.01. The van der Waals surface area contributed by atoms with Crippen molar-refractivity contribution in [2.45, 2.75) is 38.6 Å². The third-order valence-corrected chi connectivity index (χ3v) is 4.76. The van der Waals surface area contributed by atoms with E-state index in [4.69, 9.17) is 0 Å². The number of benzene rings is 1. The third kappa shape index (κ3) is 3.10. The van der Waals surface area contributed by atoms with Crippen LogP contribution in [0, 0.1) is 12.7 Å². The van der Waals surface area contributed by atoms with E-state index in [-0.39, 0.29) is 11.5 Å². The Hall–Kier alpha value is -1.42. The first-order chi connectivity index (χ1) is 10.1. The average molecular weight is 290 g/mol. The normalized spacial score (nSPS) is 21.0. The first kappa shape index (κ1) is 14.5.